The van der Waals surface area contributed by atoms with E-state index in [4.69, 9.17) is 9.73 Å². The number of aryl methyl sites for hydroxylation is 1. The minimum atomic E-state index is -1.51. The van der Waals surface area contributed by atoms with Crippen molar-refractivity contribution in [2.75, 3.05) is 7.11 Å². The van der Waals surface area contributed by atoms with E-state index in [0.29, 0.717) is 35.1 Å². The minimum absolute atomic E-state index is 0.187. The molecule has 2 aliphatic carbocycles. The van der Waals surface area contributed by atoms with Crippen molar-refractivity contribution in [3.8, 4) is 5.75 Å². The molecule has 134 valence electrons. The van der Waals surface area contributed by atoms with Crippen LogP contribution in [0, 0.1) is 31.6 Å². The second-order valence-corrected chi connectivity index (χ2v) is 7.79. The third-order valence-corrected chi connectivity index (χ3v) is 6.50. The molecule has 0 spiro atoms. The number of aliphatic hydroxyl groups is 1. The zero-order valence-electron chi connectivity index (χ0n) is 15.0. The fourth-order valence-corrected chi connectivity index (χ4v) is 5.49. The van der Waals surface area contributed by atoms with Crippen LogP contribution in [0.5, 0.6) is 5.75 Å². The normalized spacial score (nSPS) is 33.1. The number of aliphatic carboxylic acids is 1. The first kappa shape index (κ1) is 16.6. The first-order valence-electron chi connectivity index (χ1n) is 9.12. The Morgan fingerprint density at radius 3 is 2.72 bits per heavy atom. The van der Waals surface area contributed by atoms with Gasteiger partial charge in [-0.15, -0.1) is 0 Å². The first-order chi connectivity index (χ1) is 11.9. The Morgan fingerprint density at radius 1 is 1.32 bits per heavy atom. The van der Waals surface area contributed by atoms with Crippen molar-refractivity contribution in [1.82, 2.24) is 0 Å². The van der Waals surface area contributed by atoms with Crippen LogP contribution in [0.15, 0.2) is 11.1 Å². The lowest BCUT2D eigenvalue weighted by atomic mass is 9.58. The molecule has 0 aromatic heterocycles. The third-order valence-electron chi connectivity index (χ3n) is 6.50. The predicted octanol–water partition coefficient (Wildman–Crippen LogP) is 3.50. The van der Waals surface area contributed by atoms with Gasteiger partial charge in [0, 0.05) is 11.5 Å². The summed E-state index contributed by atoms with van der Waals surface area (Å²) in [5, 5.41) is 21.6. The Labute approximate surface area is 147 Å². The summed E-state index contributed by atoms with van der Waals surface area (Å²) in [5.74, 6) is -0.582. The van der Waals surface area contributed by atoms with Crippen LogP contribution in [-0.2, 0) is 10.4 Å². The Balaban J connectivity index is 1.95. The van der Waals surface area contributed by atoms with Crippen LogP contribution in [0.1, 0.15) is 48.8 Å². The van der Waals surface area contributed by atoms with Gasteiger partial charge in [0.2, 0.25) is 0 Å². The van der Waals surface area contributed by atoms with Gasteiger partial charge in [0.15, 0.2) is 0 Å². The van der Waals surface area contributed by atoms with Gasteiger partial charge in [0.25, 0.3) is 0 Å². The molecular weight excluding hydrogens is 318 g/mol. The summed E-state index contributed by atoms with van der Waals surface area (Å²) >= 11 is 0. The number of methoxy groups -OCH3 is 1. The predicted molar refractivity (Wildman–Crippen MR) is 94.7 cm³/mol. The van der Waals surface area contributed by atoms with E-state index < -0.39 is 17.5 Å². The molecule has 1 heterocycles. The molecule has 4 unspecified atom stereocenters. The van der Waals surface area contributed by atoms with E-state index in [0.717, 1.165) is 36.8 Å². The molecule has 0 saturated heterocycles. The van der Waals surface area contributed by atoms with Crippen molar-refractivity contribution >= 4 is 17.4 Å². The summed E-state index contributed by atoms with van der Waals surface area (Å²) < 4.78 is 5.52. The Kier molecular flexibility index (Phi) is 3.69. The lowest BCUT2D eigenvalue weighted by molar-refractivity contribution is -0.151. The van der Waals surface area contributed by atoms with Gasteiger partial charge in [-0.05, 0) is 56.2 Å². The molecule has 2 N–H and O–H groups in total. The van der Waals surface area contributed by atoms with E-state index in [2.05, 4.69) is 0 Å². The number of carbonyl (C=O) groups is 1. The number of fused-ring (bicyclic) bond motifs is 5. The lowest BCUT2D eigenvalue weighted by Crippen LogP contribution is -2.54. The zero-order chi connectivity index (χ0) is 17.9. The average molecular weight is 343 g/mol. The highest BCUT2D eigenvalue weighted by Gasteiger charge is 2.59. The Morgan fingerprint density at radius 2 is 2.04 bits per heavy atom. The summed E-state index contributed by atoms with van der Waals surface area (Å²) in [5.41, 5.74) is 2.29. The monoisotopic (exact) mass is 343 g/mol. The molecule has 4 atom stereocenters. The van der Waals surface area contributed by atoms with E-state index in [1.165, 1.54) is 0 Å². The van der Waals surface area contributed by atoms with Crippen molar-refractivity contribution in [2.24, 2.45) is 22.7 Å². The number of nitrogens with zero attached hydrogens (tertiary/aromatic N) is 1. The molecule has 0 amide bonds. The second-order valence-electron chi connectivity index (χ2n) is 7.79. The van der Waals surface area contributed by atoms with Crippen LogP contribution in [-0.4, -0.2) is 29.0 Å². The van der Waals surface area contributed by atoms with Gasteiger partial charge in [0.1, 0.15) is 11.4 Å². The van der Waals surface area contributed by atoms with Gasteiger partial charge >= 0.3 is 5.97 Å². The standard InChI is InChI=1S/C20H25NO4/c1-10-8-15-16(11(2)17(10)25-3)20(24)14(19(22)23)9-12-6-4-5-7-13(12)18(20)21-15/h8,12-14,24H,4-7,9H2,1-3H3,(H,22,23). The van der Waals surface area contributed by atoms with Crippen LogP contribution < -0.4 is 4.74 Å². The molecule has 3 aliphatic rings. The lowest BCUT2D eigenvalue weighted by Gasteiger charge is -2.46. The van der Waals surface area contributed by atoms with E-state index in [1.807, 2.05) is 19.9 Å². The topological polar surface area (TPSA) is 79.1 Å². The number of carboxylic acids is 1. The maximum absolute atomic E-state index is 12.1. The number of aliphatic imine (C=N–C) groups is 1. The fourth-order valence-electron chi connectivity index (χ4n) is 5.49. The molecule has 1 aliphatic heterocycles. The SMILES string of the molecule is COc1c(C)cc2c(c1C)C1(O)C(=N2)C2CCCCC2CC1C(=O)O. The summed E-state index contributed by atoms with van der Waals surface area (Å²) in [4.78, 5) is 16.9. The number of hydrogen-bond donors (Lipinski definition) is 2. The van der Waals surface area contributed by atoms with E-state index >= 15 is 0 Å². The van der Waals surface area contributed by atoms with Crippen molar-refractivity contribution in [3.05, 3.63) is 22.8 Å². The molecule has 1 aromatic carbocycles. The highest BCUT2D eigenvalue weighted by Crippen LogP contribution is 2.57. The van der Waals surface area contributed by atoms with Crippen LogP contribution >= 0.6 is 0 Å². The van der Waals surface area contributed by atoms with Crippen molar-refractivity contribution in [3.63, 3.8) is 0 Å². The number of rotatable bonds is 2. The van der Waals surface area contributed by atoms with Gasteiger partial charge in [-0.25, -0.2) is 0 Å². The Hall–Kier alpha value is -1.88. The van der Waals surface area contributed by atoms with Gasteiger partial charge in [0.05, 0.1) is 24.4 Å². The highest BCUT2D eigenvalue weighted by molar-refractivity contribution is 6.06. The quantitative estimate of drug-likeness (QED) is 0.861. The molecule has 0 radical (unpaired) electrons. The van der Waals surface area contributed by atoms with Gasteiger partial charge in [-0.2, -0.15) is 0 Å². The number of ether oxygens (including phenoxy) is 1. The van der Waals surface area contributed by atoms with Crippen LogP contribution in [0.25, 0.3) is 0 Å². The van der Waals surface area contributed by atoms with Gasteiger partial charge in [-0.1, -0.05) is 12.8 Å². The smallest absolute Gasteiger partial charge is 0.310 e. The second kappa shape index (κ2) is 5.56. The van der Waals surface area contributed by atoms with E-state index in [-0.39, 0.29) is 5.92 Å². The molecule has 25 heavy (non-hydrogen) atoms. The molecule has 0 bridgehead atoms. The summed E-state index contributed by atoms with van der Waals surface area (Å²) in [7, 11) is 1.61. The molecule has 4 rings (SSSR count). The molecule has 1 aromatic rings. The summed E-state index contributed by atoms with van der Waals surface area (Å²) in [6.07, 6.45) is 4.79. The van der Waals surface area contributed by atoms with Crippen molar-refractivity contribution < 1.29 is 19.7 Å². The van der Waals surface area contributed by atoms with Gasteiger partial charge < -0.3 is 14.9 Å². The number of hydrogen-bond acceptors (Lipinski definition) is 4. The molecule has 2 saturated carbocycles. The third kappa shape index (κ3) is 2.11. The van der Waals surface area contributed by atoms with Gasteiger partial charge in [-0.3, -0.25) is 9.79 Å². The molecule has 5 nitrogen and oxygen atoms in total. The van der Waals surface area contributed by atoms with E-state index in [1.54, 1.807) is 7.11 Å². The van der Waals surface area contributed by atoms with Crippen LogP contribution in [0.2, 0.25) is 0 Å². The Bertz CT molecular complexity index is 784. The number of benzene rings is 1. The summed E-state index contributed by atoms with van der Waals surface area (Å²) in [6.45, 7) is 3.85. The minimum Gasteiger partial charge on any atom is -0.496 e. The van der Waals surface area contributed by atoms with E-state index in [9.17, 15) is 15.0 Å². The van der Waals surface area contributed by atoms with Crippen molar-refractivity contribution in [2.45, 2.75) is 51.6 Å². The number of carboxylic acid groups (broad SMARTS) is 1. The molecule has 5 heteroatoms. The molecule has 2 fully saturated rings. The maximum Gasteiger partial charge on any atom is 0.310 e. The summed E-state index contributed by atoms with van der Waals surface area (Å²) in [6, 6.07) is 1.92. The highest BCUT2D eigenvalue weighted by atomic mass is 16.5. The molecular formula is C20H25NO4. The maximum atomic E-state index is 12.1. The zero-order valence-corrected chi connectivity index (χ0v) is 15.0. The van der Waals surface area contributed by atoms with Crippen molar-refractivity contribution in [1.29, 1.82) is 0 Å². The largest absolute Gasteiger partial charge is 0.496 e. The van der Waals surface area contributed by atoms with Crippen LogP contribution in [0.4, 0.5) is 5.69 Å². The fraction of sp³-hybridized carbons (Fsp3) is 0.600. The average Bonchev–Trinajstić information content (AvgIpc) is 2.87. The van der Waals surface area contributed by atoms with Crippen LogP contribution in [0.3, 0.4) is 0 Å². The first-order valence-corrected chi connectivity index (χ1v) is 9.12.